The summed E-state index contributed by atoms with van der Waals surface area (Å²) in [4.78, 5) is 11.3. The largest absolute Gasteiger partial charge is 0.298 e. The number of carbonyl (C=O) groups is 1. The fourth-order valence-corrected chi connectivity index (χ4v) is 3.66. The van der Waals surface area contributed by atoms with Crippen LogP contribution < -0.4 is 0 Å². The van der Waals surface area contributed by atoms with Crippen LogP contribution in [0.2, 0.25) is 0 Å². The van der Waals surface area contributed by atoms with E-state index in [2.05, 4.69) is 5.10 Å². The number of rotatable bonds is 6. The predicted molar refractivity (Wildman–Crippen MR) is 82.4 cm³/mol. The summed E-state index contributed by atoms with van der Waals surface area (Å²) in [6, 6.07) is 0. The first-order valence-corrected chi connectivity index (χ1v) is 9.61. The Labute approximate surface area is 126 Å². The lowest BCUT2D eigenvalue weighted by Crippen LogP contribution is -2.15. The van der Waals surface area contributed by atoms with Crippen LogP contribution in [0.25, 0.3) is 0 Å². The highest BCUT2D eigenvalue weighted by atomic mass is 32.2. The Morgan fingerprint density at radius 3 is 2.52 bits per heavy atom. The molecular weight excluding hydrogens is 288 g/mol. The molecular formula is C15H24N2O3S. The number of sulfone groups is 1. The number of hydrogen-bond acceptors (Lipinski definition) is 4. The molecule has 1 aromatic rings. The molecule has 0 aromatic carbocycles. The highest BCUT2D eigenvalue weighted by molar-refractivity contribution is 7.91. The quantitative estimate of drug-likeness (QED) is 0.598. The van der Waals surface area contributed by atoms with E-state index in [4.69, 9.17) is 0 Å². The Bertz CT molecular complexity index is 570. The summed E-state index contributed by atoms with van der Waals surface area (Å²) in [5.74, 6) is 0.564. The van der Waals surface area contributed by atoms with Crippen molar-refractivity contribution in [3.8, 4) is 0 Å². The normalized spacial score (nSPS) is 17.6. The zero-order chi connectivity index (χ0) is 15.3. The van der Waals surface area contributed by atoms with Crippen molar-refractivity contribution in [3.05, 3.63) is 17.5 Å². The van der Waals surface area contributed by atoms with Gasteiger partial charge in [-0.05, 0) is 12.8 Å². The van der Waals surface area contributed by atoms with E-state index in [-0.39, 0.29) is 11.5 Å². The van der Waals surface area contributed by atoms with E-state index in [0.717, 1.165) is 24.8 Å². The van der Waals surface area contributed by atoms with E-state index in [1.807, 2.05) is 0 Å². The lowest BCUT2D eigenvalue weighted by Gasteiger charge is -2.11. The average Bonchev–Trinajstić information content (AvgIpc) is 2.70. The van der Waals surface area contributed by atoms with Crippen molar-refractivity contribution in [3.63, 3.8) is 0 Å². The van der Waals surface area contributed by atoms with Crippen molar-refractivity contribution in [1.29, 1.82) is 0 Å². The molecule has 0 bridgehead atoms. The van der Waals surface area contributed by atoms with E-state index in [9.17, 15) is 13.2 Å². The fraction of sp³-hybridized carbons (Fsp3) is 0.733. The molecule has 1 saturated carbocycles. The second-order valence-electron chi connectivity index (χ2n) is 5.78. The van der Waals surface area contributed by atoms with Gasteiger partial charge in [-0.25, -0.2) is 8.42 Å². The van der Waals surface area contributed by atoms with E-state index < -0.39 is 9.84 Å². The van der Waals surface area contributed by atoms with Crippen LogP contribution in [0.3, 0.4) is 0 Å². The van der Waals surface area contributed by atoms with Gasteiger partial charge in [-0.1, -0.05) is 32.6 Å². The molecule has 1 aliphatic rings. The molecule has 0 atom stereocenters. The third-order valence-corrected chi connectivity index (χ3v) is 5.94. The van der Waals surface area contributed by atoms with E-state index in [1.54, 1.807) is 17.8 Å². The molecule has 118 valence electrons. The van der Waals surface area contributed by atoms with Crippen molar-refractivity contribution in [1.82, 2.24) is 9.78 Å². The molecule has 6 heteroatoms. The van der Waals surface area contributed by atoms with Crippen LogP contribution in [-0.4, -0.2) is 36.0 Å². The highest BCUT2D eigenvalue weighted by Crippen LogP contribution is 2.32. The molecule has 0 N–H and O–H groups in total. The molecule has 0 saturated heterocycles. The summed E-state index contributed by atoms with van der Waals surface area (Å²) in [6.07, 6.45) is 9.55. The van der Waals surface area contributed by atoms with Gasteiger partial charge in [-0.3, -0.25) is 9.48 Å². The summed E-state index contributed by atoms with van der Waals surface area (Å²) >= 11 is 0. The van der Waals surface area contributed by atoms with Crippen LogP contribution in [-0.2, 0) is 16.4 Å². The van der Waals surface area contributed by atoms with Gasteiger partial charge >= 0.3 is 0 Å². The van der Waals surface area contributed by atoms with Crippen molar-refractivity contribution < 1.29 is 13.2 Å². The molecule has 1 heterocycles. The minimum Gasteiger partial charge on any atom is -0.298 e. The molecule has 5 nitrogen and oxygen atoms in total. The zero-order valence-corrected chi connectivity index (χ0v) is 13.4. The fourth-order valence-electron chi connectivity index (χ4n) is 2.90. The third-order valence-electron chi connectivity index (χ3n) is 4.26. The summed E-state index contributed by atoms with van der Waals surface area (Å²) < 4.78 is 24.8. The topological polar surface area (TPSA) is 69.0 Å². The summed E-state index contributed by atoms with van der Waals surface area (Å²) in [5, 5.41) is 4.50. The van der Waals surface area contributed by atoms with Gasteiger partial charge in [0.2, 0.25) is 0 Å². The number of nitrogens with zero attached hydrogens (tertiary/aromatic N) is 2. The van der Waals surface area contributed by atoms with Gasteiger partial charge in [0.15, 0.2) is 16.1 Å². The second-order valence-corrected chi connectivity index (χ2v) is 8.25. The van der Waals surface area contributed by atoms with Crippen molar-refractivity contribution in [2.75, 3.05) is 11.5 Å². The molecule has 1 aromatic heterocycles. The predicted octanol–water partition coefficient (Wildman–Crippen LogP) is 2.57. The molecule has 0 unspecified atom stereocenters. The van der Waals surface area contributed by atoms with Crippen LogP contribution in [0.1, 0.15) is 67.4 Å². The van der Waals surface area contributed by atoms with Gasteiger partial charge in [0.25, 0.3) is 0 Å². The van der Waals surface area contributed by atoms with Gasteiger partial charge in [0.1, 0.15) is 0 Å². The molecule has 2 rings (SSSR count). The Morgan fingerprint density at radius 2 is 1.95 bits per heavy atom. The third kappa shape index (κ3) is 4.40. The Balaban J connectivity index is 2.13. The second kappa shape index (κ2) is 7.20. The molecule has 0 amide bonds. The highest BCUT2D eigenvalue weighted by Gasteiger charge is 2.21. The maximum Gasteiger partial charge on any atom is 0.153 e. The maximum atomic E-state index is 11.6. The minimum atomic E-state index is -3.01. The Morgan fingerprint density at radius 1 is 1.29 bits per heavy atom. The smallest absolute Gasteiger partial charge is 0.153 e. The number of aryl methyl sites for hydroxylation is 1. The molecule has 1 aliphatic carbocycles. The van der Waals surface area contributed by atoms with Crippen molar-refractivity contribution >= 4 is 16.1 Å². The number of aldehydes is 1. The molecule has 0 spiro atoms. The summed E-state index contributed by atoms with van der Waals surface area (Å²) in [6.45, 7) is 1.97. The average molecular weight is 312 g/mol. The molecule has 0 radical (unpaired) electrons. The standard InChI is InChI=1S/C15H24N2O3S/c1-2-21(19,20)10-9-17-11-14(12-18)15(16-17)13-7-5-3-4-6-8-13/h11-13H,2-10H2,1H3. The monoisotopic (exact) mass is 312 g/mol. The van der Waals surface area contributed by atoms with Crippen molar-refractivity contribution in [2.45, 2.75) is 57.9 Å². The Hall–Kier alpha value is -1.17. The van der Waals surface area contributed by atoms with Crippen LogP contribution in [0.15, 0.2) is 6.20 Å². The lowest BCUT2D eigenvalue weighted by atomic mass is 9.94. The minimum absolute atomic E-state index is 0.0770. The summed E-state index contributed by atoms with van der Waals surface area (Å²) in [7, 11) is -3.01. The first kappa shape index (κ1) is 16.2. The number of hydrogen-bond donors (Lipinski definition) is 0. The number of carbonyl (C=O) groups excluding carboxylic acids is 1. The Kier molecular flexibility index (Phi) is 5.56. The van der Waals surface area contributed by atoms with E-state index >= 15 is 0 Å². The molecule has 21 heavy (non-hydrogen) atoms. The van der Waals surface area contributed by atoms with E-state index in [1.165, 1.54) is 25.7 Å². The first-order valence-electron chi connectivity index (χ1n) is 7.78. The van der Waals surface area contributed by atoms with Gasteiger partial charge < -0.3 is 0 Å². The van der Waals surface area contributed by atoms with E-state index in [0.29, 0.717) is 18.0 Å². The number of aromatic nitrogens is 2. The summed E-state index contributed by atoms with van der Waals surface area (Å²) in [5.41, 5.74) is 1.48. The van der Waals surface area contributed by atoms with Crippen molar-refractivity contribution in [2.24, 2.45) is 0 Å². The molecule has 1 fully saturated rings. The van der Waals surface area contributed by atoms with Gasteiger partial charge in [-0.2, -0.15) is 5.10 Å². The van der Waals surface area contributed by atoms with Gasteiger partial charge in [-0.15, -0.1) is 0 Å². The van der Waals surface area contributed by atoms with Gasteiger partial charge in [0.05, 0.1) is 23.6 Å². The lowest BCUT2D eigenvalue weighted by molar-refractivity contribution is 0.112. The zero-order valence-electron chi connectivity index (χ0n) is 12.6. The van der Waals surface area contributed by atoms with Crippen LogP contribution in [0.5, 0.6) is 0 Å². The van der Waals surface area contributed by atoms with Crippen LogP contribution in [0.4, 0.5) is 0 Å². The SMILES string of the molecule is CCS(=O)(=O)CCn1cc(C=O)c(C2CCCCCC2)n1. The molecule has 0 aliphatic heterocycles. The first-order chi connectivity index (χ1) is 10.1. The van der Waals surface area contributed by atoms with Crippen LogP contribution >= 0.6 is 0 Å². The van der Waals surface area contributed by atoms with Crippen LogP contribution in [0, 0.1) is 0 Å². The van der Waals surface area contributed by atoms with Gasteiger partial charge in [0, 0.05) is 17.9 Å². The maximum absolute atomic E-state index is 11.6.